The molecule has 3 heterocycles. The fraction of sp³-hybridized carbons (Fsp3) is 0.150. The Morgan fingerprint density at radius 2 is 1.86 bits per heavy atom. The number of benzene rings is 1. The molecular formula is C20H17N3O4S. The van der Waals surface area contributed by atoms with Gasteiger partial charge in [0.1, 0.15) is 11.5 Å². The van der Waals surface area contributed by atoms with Crippen LogP contribution in [0.4, 0.5) is 0 Å². The molecule has 0 amide bonds. The predicted molar refractivity (Wildman–Crippen MR) is 103 cm³/mol. The molecule has 0 aliphatic carbocycles. The van der Waals surface area contributed by atoms with Gasteiger partial charge in [0.15, 0.2) is 15.6 Å². The van der Waals surface area contributed by atoms with Crippen LogP contribution < -0.4 is 0 Å². The molecule has 0 saturated heterocycles. The first kappa shape index (κ1) is 18.1. The average molecular weight is 395 g/mol. The highest BCUT2D eigenvalue weighted by atomic mass is 32.2. The average Bonchev–Trinajstić information content (AvgIpc) is 3.33. The van der Waals surface area contributed by atoms with Crippen molar-refractivity contribution in [3.8, 4) is 23.0 Å². The van der Waals surface area contributed by atoms with Crippen LogP contribution in [0.1, 0.15) is 16.9 Å². The van der Waals surface area contributed by atoms with Gasteiger partial charge < -0.3 is 8.94 Å². The monoisotopic (exact) mass is 395 g/mol. The van der Waals surface area contributed by atoms with Gasteiger partial charge in [-0.3, -0.25) is 4.98 Å². The summed E-state index contributed by atoms with van der Waals surface area (Å²) in [6.07, 6.45) is 3.28. The van der Waals surface area contributed by atoms with Crippen molar-refractivity contribution in [3.05, 3.63) is 77.8 Å². The molecule has 1 aromatic carbocycles. The topological polar surface area (TPSA) is 99.1 Å². The summed E-state index contributed by atoms with van der Waals surface area (Å²) in [5.41, 5.74) is 2.44. The number of rotatable bonds is 6. The van der Waals surface area contributed by atoms with Crippen LogP contribution in [0, 0.1) is 6.92 Å². The minimum Gasteiger partial charge on any atom is -0.455 e. The van der Waals surface area contributed by atoms with Crippen molar-refractivity contribution >= 4 is 9.84 Å². The summed E-state index contributed by atoms with van der Waals surface area (Å²) in [7, 11) is -3.39. The van der Waals surface area contributed by atoms with Crippen LogP contribution in [0.25, 0.3) is 23.0 Å². The standard InChI is InChI=1S/C20H17N3O4S/c1-14-5-2-3-6-16(14)12-28(24,25)13-17-8-9-18(26-17)20-22-19(23-27-20)15-7-4-10-21-11-15/h2-11H,12-13H2,1H3. The summed E-state index contributed by atoms with van der Waals surface area (Å²) in [6.45, 7) is 1.89. The lowest BCUT2D eigenvalue weighted by atomic mass is 10.1. The predicted octanol–water partition coefficient (Wildman–Crippen LogP) is 3.82. The maximum Gasteiger partial charge on any atom is 0.293 e. The zero-order valence-corrected chi connectivity index (χ0v) is 15.9. The number of hydrogen-bond donors (Lipinski definition) is 0. The van der Waals surface area contributed by atoms with E-state index in [4.69, 9.17) is 8.94 Å². The molecule has 3 aromatic heterocycles. The summed E-state index contributed by atoms with van der Waals surface area (Å²) in [5.74, 6) is 0.967. The molecule has 0 N–H and O–H groups in total. The van der Waals surface area contributed by atoms with Gasteiger partial charge in [0.2, 0.25) is 5.82 Å². The lowest BCUT2D eigenvalue weighted by molar-refractivity contribution is 0.413. The largest absolute Gasteiger partial charge is 0.455 e. The molecule has 142 valence electrons. The van der Waals surface area contributed by atoms with Gasteiger partial charge >= 0.3 is 0 Å². The van der Waals surface area contributed by atoms with E-state index < -0.39 is 9.84 Å². The molecule has 0 fully saturated rings. The van der Waals surface area contributed by atoms with Crippen molar-refractivity contribution in [2.75, 3.05) is 0 Å². The lowest BCUT2D eigenvalue weighted by Crippen LogP contribution is -2.08. The second-order valence-corrected chi connectivity index (χ2v) is 8.45. The summed E-state index contributed by atoms with van der Waals surface area (Å²) in [5, 5.41) is 3.91. The van der Waals surface area contributed by atoms with Crippen molar-refractivity contribution in [1.82, 2.24) is 15.1 Å². The van der Waals surface area contributed by atoms with Crippen LogP contribution in [0.15, 0.2) is 69.9 Å². The lowest BCUT2D eigenvalue weighted by Gasteiger charge is -2.06. The van der Waals surface area contributed by atoms with Crippen LogP contribution in [-0.2, 0) is 21.3 Å². The second-order valence-electron chi connectivity index (χ2n) is 6.39. The van der Waals surface area contributed by atoms with Gasteiger partial charge in [0.05, 0.1) is 5.75 Å². The van der Waals surface area contributed by atoms with E-state index in [0.717, 1.165) is 11.1 Å². The van der Waals surface area contributed by atoms with Gasteiger partial charge in [-0.05, 0) is 42.3 Å². The number of pyridine rings is 1. The summed E-state index contributed by atoms with van der Waals surface area (Å²) < 4.78 is 35.9. The second kappa shape index (κ2) is 7.40. The van der Waals surface area contributed by atoms with E-state index in [1.54, 1.807) is 30.6 Å². The number of furan rings is 1. The van der Waals surface area contributed by atoms with Crippen LogP contribution in [0.2, 0.25) is 0 Å². The molecule has 0 unspecified atom stereocenters. The van der Waals surface area contributed by atoms with Crippen molar-refractivity contribution in [2.45, 2.75) is 18.4 Å². The van der Waals surface area contributed by atoms with E-state index in [1.807, 2.05) is 37.3 Å². The molecule has 0 aliphatic heterocycles. The van der Waals surface area contributed by atoms with Gasteiger partial charge in [-0.1, -0.05) is 29.4 Å². The third-order valence-electron chi connectivity index (χ3n) is 4.22. The van der Waals surface area contributed by atoms with Crippen LogP contribution >= 0.6 is 0 Å². The molecule has 8 heteroatoms. The van der Waals surface area contributed by atoms with Gasteiger partial charge in [-0.2, -0.15) is 4.98 Å². The van der Waals surface area contributed by atoms with Gasteiger partial charge in [-0.15, -0.1) is 0 Å². The summed E-state index contributed by atoms with van der Waals surface area (Å²) in [4.78, 5) is 8.30. The van der Waals surface area contributed by atoms with Crippen LogP contribution in [0.3, 0.4) is 0 Å². The van der Waals surface area contributed by atoms with Crippen molar-refractivity contribution in [3.63, 3.8) is 0 Å². The molecule has 0 radical (unpaired) electrons. The van der Waals surface area contributed by atoms with Crippen molar-refractivity contribution in [1.29, 1.82) is 0 Å². The van der Waals surface area contributed by atoms with Crippen molar-refractivity contribution < 1.29 is 17.4 Å². The molecule has 7 nitrogen and oxygen atoms in total. The SMILES string of the molecule is Cc1ccccc1CS(=O)(=O)Cc1ccc(-c2nc(-c3cccnc3)no2)o1. The van der Waals surface area contributed by atoms with E-state index in [0.29, 0.717) is 22.9 Å². The van der Waals surface area contributed by atoms with Gasteiger partial charge in [0.25, 0.3) is 5.89 Å². The van der Waals surface area contributed by atoms with Crippen LogP contribution in [-0.4, -0.2) is 23.5 Å². The molecule has 4 rings (SSSR count). The molecule has 4 aromatic rings. The number of aromatic nitrogens is 3. The normalized spacial score (nSPS) is 11.6. The minimum atomic E-state index is -3.39. The van der Waals surface area contributed by atoms with Gasteiger partial charge in [-0.25, -0.2) is 8.42 Å². The van der Waals surface area contributed by atoms with E-state index in [-0.39, 0.29) is 17.4 Å². The highest BCUT2D eigenvalue weighted by Gasteiger charge is 2.19. The third-order valence-corrected chi connectivity index (χ3v) is 5.69. The van der Waals surface area contributed by atoms with E-state index >= 15 is 0 Å². The Hall–Kier alpha value is -3.26. The fourth-order valence-electron chi connectivity index (χ4n) is 2.78. The Labute approximate surface area is 162 Å². The molecule has 0 bridgehead atoms. The van der Waals surface area contributed by atoms with Crippen LogP contribution in [0.5, 0.6) is 0 Å². The van der Waals surface area contributed by atoms with Gasteiger partial charge in [0, 0.05) is 18.0 Å². The quantitative estimate of drug-likeness (QED) is 0.489. The summed E-state index contributed by atoms with van der Waals surface area (Å²) in [6, 6.07) is 14.2. The minimum absolute atomic E-state index is 0.0403. The Kier molecular flexibility index (Phi) is 4.79. The zero-order valence-electron chi connectivity index (χ0n) is 15.1. The first-order chi connectivity index (χ1) is 13.5. The number of aryl methyl sites for hydroxylation is 1. The molecule has 0 atom stereocenters. The first-order valence-corrected chi connectivity index (χ1v) is 10.4. The smallest absolute Gasteiger partial charge is 0.293 e. The number of sulfone groups is 1. The molecule has 0 aliphatic rings. The van der Waals surface area contributed by atoms with Crippen molar-refractivity contribution in [2.24, 2.45) is 0 Å². The third kappa shape index (κ3) is 4.01. The number of hydrogen-bond acceptors (Lipinski definition) is 7. The molecule has 28 heavy (non-hydrogen) atoms. The number of nitrogens with zero attached hydrogens (tertiary/aromatic N) is 3. The Morgan fingerprint density at radius 3 is 2.64 bits per heavy atom. The van der Waals surface area contributed by atoms with E-state index in [2.05, 4.69) is 15.1 Å². The maximum absolute atomic E-state index is 12.5. The Balaban J connectivity index is 1.50. The van der Waals surface area contributed by atoms with E-state index in [9.17, 15) is 8.42 Å². The molecular weight excluding hydrogens is 378 g/mol. The maximum atomic E-state index is 12.5. The zero-order chi connectivity index (χ0) is 19.6. The Morgan fingerprint density at radius 1 is 1.00 bits per heavy atom. The molecule has 0 saturated carbocycles. The first-order valence-electron chi connectivity index (χ1n) is 8.58. The fourth-order valence-corrected chi connectivity index (χ4v) is 4.27. The molecule has 0 spiro atoms. The highest BCUT2D eigenvalue weighted by molar-refractivity contribution is 7.89. The van der Waals surface area contributed by atoms with E-state index in [1.165, 1.54) is 0 Å². The highest BCUT2D eigenvalue weighted by Crippen LogP contribution is 2.25. The summed E-state index contributed by atoms with van der Waals surface area (Å²) >= 11 is 0. The Bertz CT molecular complexity index is 1200.